The van der Waals surface area contributed by atoms with E-state index in [0.29, 0.717) is 0 Å². The largest absolute Gasteiger partial charge is 0.310 e. The Hall–Kier alpha value is -6.44. The van der Waals surface area contributed by atoms with Crippen LogP contribution in [0.2, 0.25) is 0 Å². The van der Waals surface area contributed by atoms with Gasteiger partial charge >= 0.3 is 0 Å². The standard InChI is InChI=1S/C54H43N/c1-53(2)47-25-15-14-23-44(47)45-31-28-40(34-49(45)53)55(51-33-39(36-17-8-5-9-18-36)27-30-42(51)37-19-10-6-11-20-37)41-29-32-46-50(35-41)54(3,4)48-26-16-24-43(52(46)48)38-21-12-7-13-22-38/h5-35H,1-4H3. The van der Waals surface area contributed by atoms with Crippen LogP contribution in [0, 0.1) is 0 Å². The van der Waals surface area contributed by atoms with E-state index in [2.05, 4.69) is 221 Å². The predicted octanol–water partition coefficient (Wildman–Crippen LogP) is 14.8. The fraction of sp³-hybridized carbons (Fsp3) is 0.111. The SMILES string of the molecule is CC1(C)c2ccccc2-c2ccc(N(c3ccc4c(c3)C(C)(C)c3cccc(-c5ccccc5)c3-4)c3cc(-c4ccccc4)ccc3-c3ccccc3)cc21. The van der Waals surface area contributed by atoms with Crippen LogP contribution in [-0.2, 0) is 10.8 Å². The fourth-order valence-corrected chi connectivity index (χ4v) is 9.42. The third-order valence-electron chi connectivity index (χ3n) is 12.3. The monoisotopic (exact) mass is 705 g/mol. The lowest BCUT2D eigenvalue weighted by Gasteiger charge is -2.31. The van der Waals surface area contributed by atoms with Crippen LogP contribution in [0.3, 0.4) is 0 Å². The van der Waals surface area contributed by atoms with Crippen LogP contribution in [0.5, 0.6) is 0 Å². The van der Waals surface area contributed by atoms with Crippen molar-refractivity contribution in [2.75, 3.05) is 4.90 Å². The Kier molecular flexibility index (Phi) is 7.58. The smallest absolute Gasteiger partial charge is 0.0546 e. The Labute approximate surface area is 325 Å². The zero-order valence-corrected chi connectivity index (χ0v) is 31.8. The van der Waals surface area contributed by atoms with Crippen LogP contribution in [-0.4, -0.2) is 0 Å². The maximum absolute atomic E-state index is 2.52. The van der Waals surface area contributed by atoms with Gasteiger partial charge in [-0.2, -0.15) is 0 Å². The summed E-state index contributed by atoms with van der Waals surface area (Å²) in [5.41, 5.74) is 21.2. The first-order valence-electron chi connectivity index (χ1n) is 19.4. The van der Waals surface area contributed by atoms with Crippen molar-refractivity contribution in [3.63, 3.8) is 0 Å². The van der Waals surface area contributed by atoms with Gasteiger partial charge in [0.15, 0.2) is 0 Å². The number of benzene rings is 8. The Balaban J connectivity index is 1.23. The molecule has 0 unspecified atom stereocenters. The lowest BCUT2D eigenvalue weighted by atomic mass is 9.81. The van der Waals surface area contributed by atoms with E-state index in [9.17, 15) is 0 Å². The number of hydrogen-bond acceptors (Lipinski definition) is 1. The summed E-state index contributed by atoms with van der Waals surface area (Å²) in [6.07, 6.45) is 0. The van der Waals surface area contributed by atoms with Gasteiger partial charge in [-0.1, -0.05) is 185 Å². The molecule has 2 aliphatic rings. The van der Waals surface area contributed by atoms with Gasteiger partial charge in [-0.05, 0) is 103 Å². The van der Waals surface area contributed by atoms with Gasteiger partial charge in [-0.25, -0.2) is 0 Å². The van der Waals surface area contributed by atoms with E-state index in [1.807, 2.05) is 0 Å². The van der Waals surface area contributed by atoms with Crippen molar-refractivity contribution < 1.29 is 0 Å². The normalized spacial score (nSPS) is 14.1. The Morgan fingerprint density at radius 2 is 0.782 bits per heavy atom. The van der Waals surface area contributed by atoms with E-state index in [4.69, 9.17) is 0 Å². The average Bonchev–Trinajstić information content (AvgIpc) is 3.61. The Morgan fingerprint density at radius 3 is 1.45 bits per heavy atom. The summed E-state index contributed by atoms with van der Waals surface area (Å²) >= 11 is 0. The first-order chi connectivity index (χ1) is 26.8. The van der Waals surface area contributed by atoms with Crippen molar-refractivity contribution in [2.45, 2.75) is 38.5 Å². The second-order valence-corrected chi connectivity index (χ2v) is 16.1. The fourth-order valence-electron chi connectivity index (χ4n) is 9.42. The molecule has 0 aliphatic heterocycles. The highest BCUT2D eigenvalue weighted by atomic mass is 15.1. The molecule has 1 nitrogen and oxygen atoms in total. The second-order valence-electron chi connectivity index (χ2n) is 16.1. The minimum absolute atomic E-state index is 0.128. The first-order valence-corrected chi connectivity index (χ1v) is 19.4. The van der Waals surface area contributed by atoms with Crippen molar-refractivity contribution in [1.82, 2.24) is 0 Å². The molecule has 8 aromatic carbocycles. The molecular weight excluding hydrogens is 663 g/mol. The van der Waals surface area contributed by atoms with Gasteiger partial charge in [-0.15, -0.1) is 0 Å². The summed E-state index contributed by atoms with van der Waals surface area (Å²) in [6, 6.07) is 69.5. The molecule has 0 bridgehead atoms. The zero-order valence-electron chi connectivity index (χ0n) is 31.8. The van der Waals surface area contributed by atoms with Gasteiger partial charge in [-0.3, -0.25) is 0 Å². The van der Waals surface area contributed by atoms with Gasteiger partial charge in [0, 0.05) is 27.8 Å². The lowest BCUT2D eigenvalue weighted by molar-refractivity contribution is 0.660. The van der Waals surface area contributed by atoms with E-state index in [1.54, 1.807) is 0 Å². The highest BCUT2D eigenvalue weighted by Crippen LogP contribution is 2.55. The summed E-state index contributed by atoms with van der Waals surface area (Å²) in [4.78, 5) is 2.52. The minimum Gasteiger partial charge on any atom is -0.310 e. The van der Waals surface area contributed by atoms with Gasteiger partial charge < -0.3 is 4.90 Å². The van der Waals surface area contributed by atoms with E-state index in [1.165, 1.54) is 77.9 Å². The highest BCUT2D eigenvalue weighted by Gasteiger charge is 2.39. The molecule has 0 amide bonds. The molecule has 0 N–H and O–H groups in total. The number of nitrogens with zero attached hydrogens (tertiary/aromatic N) is 1. The Morgan fingerprint density at radius 1 is 0.309 bits per heavy atom. The van der Waals surface area contributed by atoms with Crippen LogP contribution in [0.25, 0.3) is 55.6 Å². The molecular formula is C54H43N. The predicted molar refractivity (Wildman–Crippen MR) is 233 cm³/mol. The average molecular weight is 706 g/mol. The lowest BCUT2D eigenvalue weighted by Crippen LogP contribution is -2.18. The summed E-state index contributed by atoms with van der Waals surface area (Å²) in [5.74, 6) is 0. The zero-order chi connectivity index (χ0) is 37.3. The van der Waals surface area contributed by atoms with E-state index in [-0.39, 0.29) is 10.8 Å². The van der Waals surface area contributed by atoms with Gasteiger partial charge in [0.05, 0.1) is 5.69 Å². The summed E-state index contributed by atoms with van der Waals surface area (Å²) in [6.45, 7) is 9.52. The van der Waals surface area contributed by atoms with Crippen LogP contribution in [0.4, 0.5) is 17.1 Å². The molecule has 0 heterocycles. The third-order valence-corrected chi connectivity index (χ3v) is 12.3. The molecule has 264 valence electrons. The molecule has 0 aromatic heterocycles. The van der Waals surface area contributed by atoms with E-state index < -0.39 is 0 Å². The Bertz CT molecular complexity index is 2740. The second kappa shape index (κ2) is 12.6. The molecule has 10 rings (SSSR count). The third kappa shape index (κ3) is 5.22. The van der Waals surface area contributed by atoms with Gasteiger partial charge in [0.25, 0.3) is 0 Å². The van der Waals surface area contributed by atoms with Crippen molar-refractivity contribution in [1.29, 1.82) is 0 Å². The quantitative estimate of drug-likeness (QED) is 0.166. The van der Waals surface area contributed by atoms with Gasteiger partial charge in [0.1, 0.15) is 0 Å². The van der Waals surface area contributed by atoms with Crippen molar-refractivity contribution in [3.05, 3.63) is 210 Å². The molecule has 0 fully saturated rings. The van der Waals surface area contributed by atoms with Gasteiger partial charge in [0.2, 0.25) is 0 Å². The van der Waals surface area contributed by atoms with E-state index >= 15 is 0 Å². The molecule has 0 spiro atoms. The molecule has 0 saturated heterocycles. The summed E-state index contributed by atoms with van der Waals surface area (Å²) < 4.78 is 0. The number of anilines is 3. The molecule has 8 aromatic rings. The summed E-state index contributed by atoms with van der Waals surface area (Å²) in [7, 11) is 0. The van der Waals surface area contributed by atoms with Crippen LogP contribution in [0.15, 0.2) is 188 Å². The maximum atomic E-state index is 2.52. The minimum atomic E-state index is -0.188. The molecule has 0 saturated carbocycles. The van der Waals surface area contributed by atoms with Crippen LogP contribution in [0.1, 0.15) is 49.9 Å². The number of fused-ring (bicyclic) bond motifs is 6. The molecule has 55 heavy (non-hydrogen) atoms. The summed E-state index contributed by atoms with van der Waals surface area (Å²) in [5, 5.41) is 0. The number of rotatable bonds is 6. The van der Waals surface area contributed by atoms with Crippen LogP contribution >= 0.6 is 0 Å². The molecule has 0 radical (unpaired) electrons. The van der Waals surface area contributed by atoms with E-state index in [0.717, 1.165) is 17.1 Å². The van der Waals surface area contributed by atoms with Crippen molar-refractivity contribution in [3.8, 4) is 55.6 Å². The molecule has 2 aliphatic carbocycles. The van der Waals surface area contributed by atoms with Crippen LogP contribution < -0.4 is 4.90 Å². The maximum Gasteiger partial charge on any atom is 0.0546 e. The highest BCUT2D eigenvalue weighted by molar-refractivity contribution is 5.96. The van der Waals surface area contributed by atoms with Crippen molar-refractivity contribution >= 4 is 17.1 Å². The first kappa shape index (κ1) is 33.2. The number of hydrogen-bond donors (Lipinski definition) is 0. The van der Waals surface area contributed by atoms with Crippen molar-refractivity contribution in [2.24, 2.45) is 0 Å². The molecule has 0 atom stereocenters. The molecule has 1 heteroatoms. The topological polar surface area (TPSA) is 3.24 Å².